The van der Waals surface area contributed by atoms with E-state index in [-0.39, 0.29) is 11.3 Å². The van der Waals surface area contributed by atoms with Crippen molar-refractivity contribution in [2.75, 3.05) is 0 Å². The van der Waals surface area contributed by atoms with Gasteiger partial charge in [0.1, 0.15) is 18.2 Å². The zero-order valence-corrected chi connectivity index (χ0v) is 28.5. The van der Waals surface area contributed by atoms with Gasteiger partial charge in [-0.05, 0) is 118 Å². The molecule has 8 nitrogen and oxygen atoms in total. The molecule has 0 aliphatic heterocycles. The molecule has 0 bridgehead atoms. The molecule has 47 heavy (non-hydrogen) atoms. The van der Waals surface area contributed by atoms with Gasteiger partial charge in [0.25, 0.3) is 0 Å². The molecule has 0 radical (unpaired) electrons. The topological polar surface area (TPSA) is 87.7 Å². The molecule has 0 amide bonds. The van der Waals surface area contributed by atoms with E-state index in [0.29, 0.717) is 18.5 Å². The van der Waals surface area contributed by atoms with E-state index in [9.17, 15) is 4.79 Å². The number of hydrogen-bond acceptors (Lipinski definition) is 7. The van der Waals surface area contributed by atoms with Crippen LogP contribution in [0.25, 0.3) is 44.2 Å². The van der Waals surface area contributed by atoms with Gasteiger partial charge in [-0.3, -0.25) is 4.79 Å². The molecule has 1 saturated carbocycles. The summed E-state index contributed by atoms with van der Waals surface area (Å²) >= 11 is 1.53. The molecule has 7 rings (SSSR count). The Morgan fingerprint density at radius 3 is 2.40 bits per heavy atom. The number of imidazole rings is 1. The Bertz CT molecular complexity index is 2060. The summed E-state index contributed by atoms with van der Waals surface area (Å²) in [7, 11) is 0. The second-order valence-electron chi connectivity index (χ2n) is 13.6. The van der Waals surface area contributed by atoms with Gasteiger partial charge in [-0.25, -0.2) is 4.98 Å². The van der Waals surface area contributed by atoms with Crippen molar-refractivity contribution in [3.8, 4) is 39.0 Å². The number of thiophene rings is 1. The number of carbonyl (C=O) groups excluding carboxylic acids is 1. The van der Waals surface area contributed by atoms with Crippen LogP contribution in [0.15, 0.2) is 72.8 Å². The van der Waals surface area contributed by atoms with Gasteiger partial charge in [-0.15, -0.1) is 21.5 Å². The van der Waals surface area contributed by atoms with Crippen molar-refractivity contribution in [3.05, 3.63) is 88.8 Å². The summed E-state index contributed by atoms with van der Waals surface area (Å²) in [5.74, 6) is 2.47. The number of rotatable bonds is 8. The van der Waals surface area contributed by atoms with Crippen LogP contribution in [0.2, 0.25) is 0 Å². The summed E-state index contributed by atoms with van der Waals surface area (Å²) in [5.41, 5.74) is 7.16. The van der Waals surface area contributed by atoms with Crippen molar-refractivity contribution in [1.82, 2.24) is 29.8 Å². The zero-order chi connectivity index (χ0) is 32.7. The molecule has 1 fully saturated rings. The standard InChI is InChI=1S/C38H40N6O2S/c1-24-11-17-31(35-20-19-34(47-35)25(2)45)28(21-24)23-46-30-15-12-26(13-16-30)37-39-32-22-27(36-40-42-44(41-36)38(3,4)5)14-18-33(32)43(37)29-9-7-6-8-10-29/h11-22,29H,6-10,23H2,1-5H3. The van der Waals surface area contributed by atoms with Crippen LogP contribution < -0.4 is 4.74 Å². The molecule has 0 N–H and O–H groups in total. The van der Waals surface area contributed by atoms with Gasteiger partial charge in [0.15, 0.2) is 5.78 Å². The first kappa shape index (κ1) is 31.0. The molecule has 0 saturated heterocycles. The van der Waals surface area contributed by atoms with E-state index in [1.54, 1.807) is 11.7 Å². The van der Waals surface area contributed by atoms with Crippen molar-refractivity contribution in [2.45, 2.75) is 84.9 Å². The second-order valence-corrected chi connectivity index (χ2v) is 14.7. The van der Waals surface area contributed by atoms with Crippen LogP contribution in [0.4, 0.5) is 0 Å². The highest BCUT2D eigenvalue weighted by Crippen LogP contribution is 2.38. The lowest BCUT2D eigenvalue weighted by atomic mass is 9.95. The van der Waals surface area contributed by atoms with Gasteiger partial charge in [0.2, 0.25) is 5.82 Å². The van der Waals surface area contributed by atoms with Gasteiger partial charge >= 0.3 is 0 Å². The van der Waals surface area contributed by atoms with Crippen molar-refractivity contribution in [1.29, 1.82) is 0 Å². The molecule has 9 heteroatoms. The number of carbonyl (C=O) groups is 1. The van der Waals surface area contributed by atoms with E-state index in [0.717, 1.165) is 67.5 Å². The van der Waals surface area contributed by atoms with Crippen LogP contribution in [0.5, 0.6) is 5.75 Å². The van der Waals surface area contributed by atoms with Gasteiger partial charge < -0.3 is 9.30 Å². The lowest BCUT2D eigenvalue weighted by Crippen LogP contribution is -2.24. The minimum absolute atomic E-state index is 0.0887. The zero-order valence-electron chi connectivity index (χ0n) is 27.7. The summed E-state index contributed by atoms with van der Waals surface area (Å²) in [6.07, 6.45) is 6.06. The molecule has 6 aromatic rings. The second kappa shape index (κ2) is 12.5. The maximum atomic E-state index is 11.9. The summed E-state index contributed by atoms with van der Waals surface area (Å²) in [6.45, 7) is 10.3. The molecule has 0 atom stereocenters. The number of hydrogen-bond donors (Lipinski definition) is 0. The van der Waals surface area contributed by atoms with E-state index in [4.69, 9.17) is 9.72 Å². The van der Waals surface area contributed by atoms with Crippen LogP contribution in [-0.2, 0) is 12.1 Å². The van der Waals surface area contributed by atoms with Crippen molar-refractivity contribution in [3.63, 3.8) is 0 Å². The highest BCUT2D eigenvalue weighted by Gasteiger charge is 2.24. The fourth-order valence-electron chi connectivity index (χ4n) is 6.38. The van der Waals surface area contributed by atoms with E-state index in [1.165, 1.54) is 36.2 Å². The Labute approximate surface area is 279 Å². The first-order valence-corrected chi connectivity index (χ1v) is 17.2. The monoisotopic (exact) mass is 644 g/mol. The van der Waals surface area contributed by atoms with Gasteiger partial charge in [-0.1, -0.05) is 43.0 Å². The van der Waals surface area contributed by atoms with Crippen molar-refractivity contribution < 1.29 is 9.53 Å². The number of benzene rings is 3. The molecular formula is C38H40N6O2S. The number of aryl methyl sites for hydroxylation is 1. The molecule has 0 spiro atoms. The summed E-state index contributed by atoms with van der Waals surface area (Å²) in [5, 5.41) is 13.3. The van der Waals surface area contributed by atoms with E-state index < -0.39 is 0 Å². The minimum Gasteiger partial charge on any atom is -0.489 e. The van der Waals surface area contributed by atoms with Crippen LogP contribution in [0, 0.1) is 6.92 Å². The number of fused-ring (bicyclic) bond motifs is 1. The molecule has 240 valence electrons. The van der Waals surface area contributed by atoms with Crippen molar-refractivity contribution in [2.24, 2.45) is 0 Å². The van der Waals surface area contributed by atoms with Crippen LogP contribution in [0.1, 0.15) is 86.6 Å². The van der Waals surface area contributed by atoms with Crippen LogP contribution in [0.3, 0.4) is 0 Å². The predicted octanol–water partition coefficient (Wildman–Crippen LogP) is 9.44. The predicted molar refractivity (Wildman–Crippen MR) is 188 cm³/mol. The highest BCUT2D eigenvalue weighted by atomic mass is 32.1. The average molecular weight is 645 g/mol. The number of tetrazole rings is 1. The molecule has 3 aromatic heterocycles. The molecular weight excluding hydrogens is 605 g/mol. The fraction of sp³-hybridized carbons (Fsp3) is 0.342. The summed E-state index contributed by atoms with van der Waals surface area (Å²) < 4.78 is 8.79. The summed E-state index contributed by atoms with van der Waals surface area (Å²) in [4.78, 5) is 20.6. The summed E-state index contributed by atoms with van der Waals surface area (Å²) in [6, 6.07) is 25.4. The Balaban J connectivity index is 1.17. The minimum atomic E-state index is -0.242. The first-order chi connectivity index (χ1) is 22.6. The molecule has 0 unspecified atom stereocenters. The first-order valence-electron chi connectivity index (χ1n) is 16.4. The third-order valence-electron chi connectivity index (χ3n) is 8.89. The maximum absolute atomic E-state index is 11.9. The van der Waals surface area contributed by atoms with Gasteiger partial charge in [0, 0.05) is 22.0 Å². The van der Waals surface area contributed by atoms with Crippen molar-refractivity contribution >= 4 is 28.2 Å². The lowest BCUT2D eigenvalue weighted by molar-refractivity contribution is 0.102. The number of aromatic nitrogens is 6. The van der Waals surface area contributed by atoms with Gasteiger partial charge in [-0.2, -0.15) is 4.80 Å². The quantitative estimate of drug-likeness (QED) is 0.153. The third kappa shape index (κ3) is 6.37. The SMILES string of the molecule is CC(=O)c1ccc(-c2ccc(C)cc2COc2ccc(-c3nc4cc(-c5nnn(C(C)(C)C)n5)ccc4n3C3CCCCC3)cc2)s1. The molecule has 1 aliphatic carbocycles. The normalized spacial score (nSPS) is 14.1. The lowest BCUT2D eigenvalue weighted by Gasteiger charge is -2.25. The van der Waals surface area contributed by atoms with Crippen LogP contribution >= 0.6 is 11.3 Å². The van der Waals surface area contributed by atoms with E-state index in [2.05, 4.69) is 96.2 Å². The number of ketones is 1. The van der Waals surface area contributed by atoms with Gasteiger partial charge in [0.05, 0.1) is 21.4 Å². The Morgan fingerprint density at radius 2 is 1.70 bits per heavy atom. The number of nitrogens with zero attached hydrogens (tertiary/aromatic N) is 6. The molecule has 3 aromatic carbocycles. The van der Waals surface area contributed by atoms with Crippen LogP contribution in [-0.4, -0.2) is 35.5 Å². The smallest absolute Gasteiger partial charge is 0.205 e. The Morgan fingerprint density at radius 1 is 0.936 bits per heavy atom. The average Bonchev–Trinajstić information content (AvgIpc) is 3.83. The third-order valence-corrected chi connectivity index (χ3v) is 10.1. The largest absolute Gasteiger partial charge is 0.489 e. The fourth-order valence-corrected chi connectivity index (χ4v) is 7.34. The number of Topliss-reactive ketones (excluding diaryl/α,β-unsaturated/α-hetero) is 1. The maximum Gasteiger partial charge on any atom is 0.205 e. The Hall–Kier alpha value is -4.63. The molecule has 3 heterocycles. The Kier molecular flexibility index (Phi) is 8.26. The molecule has 1 aliphatic rings. The van der Waals surface area contributed by atoms with E-state index in [1.807, 2.05) is 24.3 Å². The highest BCUT2D eigenvalue weighted by molar-refractivity contribution is 7.17. The van der Waals surface area contributed by atoms with E-state index >= 15 is 0 Å². The number of ether oxygens (including phenoxy) is 1.